The minimum absolute atomic E-state index is 0.0351. The molecular formula is C16H26FN3. The molecule has 20 heavy (non-hydrogen) atoms. The zero-order chi connectivity index (χ0) is 14.5. The lowest BCUT2D eigenvalue weighted by molar-refractivity contribution is 0.207. The first-order valence-corrected chi connectivity index (χ1v) is 7.42. The average Bonchev–Trinajstić information content (AvgIpc) is 2.82. The molecule has 0 bridgehead atoms. The third-order valence-corrected chi connectivity index (χ3v) is 4.32. The van der Waals surface area contributed by atoms with Crippen LogP contribution < -0.4 is 5.32 Å². The van der Waals surface area contributed by atoms with Gasteiger partial charge < -0.3 is 15.1 Å². The summed E-state index contributed by atoms with van der Waals surface area (Å²) in [6, 6.07) is 7.71. The first kappa shape index (κ1) is 15.4. The van der Waals surface area contributed by atoms with E-state index in [1.807, 2.05) is 19.2 Å². The van der Waals surface area contributed by atoms with Gasteiger partial charge in [-0.2, -0.15) is 0 Å². The van der Waals surface area contributed by atoms with E-state index in [1.54, 1.807) is 6.07 Å². The lowest BCUT2D eigenvalue weighted by Crippen LogP contribution is -2.40. The van der Waals surface area contributed by atoms with Crippen LogP contribution in [0.1, 0.15) is 24.4 Å². The zero-order valence-electron chi connectivity index (χ0n) is 12.8. The molecular weight excluding hydrogens is 253 g/mol. The van der Waals surface area contributed by atoms with Crippen molar-refractivity contribution in [2.45, 2.75) is 24.9 Å². The van der Waals surface area contributed by atoms with E-state index in [1.165, 1.54) is 25.5 Å². The highest BCUT2D eigenvalue weighted by atomic mass is 19.1. The smallest absolute Gasteiger partial charge is 0.128 e. The average molecular weight is 279 g/mol. The van der Waals surface area contributed by atoms with Crippen molar-refractivity contribution < 1.29 is 4.39 Å². The van der Waals surface area contributed by atoms with E-state index in [0.29, 0.717) is 6.04 Å². The quantitative estimate of drug-likeness (QED) is 0.860. The molecule has 3 nitrogen and oxygen atoms in total. The Morgan fingerprint density at radius 2 is 2.20 bits per heavy atom. The number of benzene rings is 1. The number of likely N-dealkylation sites (N-methyl/N-ethyl adjacent to an activating group) is 3. The van der Waals surface area contributed by atoms with Gasteiger partial charge in [0.15, 0.2) is 0 Å². The van der Waals surface area contributed by atoms with Gasteiger partial charge in [-0.1, -0.05) is 18.2 Å². The standard InChI is InChI=1S/C16H26FN3/c1-18-16(14-8-4-5-9-15(14)17)12-19(2)11-13-7-6-10-20(13)3/h4-5,8-9,13,16,18H,6-7,10-12H2,1-3H3. The molecule has 1 aromatic rings. The third kappa shape index (κ3) is 3.78. The second-order valence-electron chi connectivity index (χ2n) is 5.86. The van der Waals surface area contributed by atoms with Crippen molar-refractivity contribution in [1.29, 1.82) is 0 Å². The molecule has 112 valence electrons. The lowest BCUT2D eigenvalue weighted by Gasteiger charge is -2.29. The monoisotopic (exact) mass is 279 g/mol. The van der Waals surface area contributed by atoms with Gasteiger partial charge in [0.2, 0.25) is 0 Å². The van der Waals surface area contributed by atoms with Crippen molar-refractivity contribution in [3.8, 4) is 0 Å². The Bertz CT molecular complexity index is 424. The zero-order valence-corrected chi connectivity index (χ0v) is 12.8. The van der Waals surface area contributed by atoms with Gasteiger partial charge in [-0.25, -0.2) is 4.39 Å². The van der Waals surface area contributed by atoms with Gasteiger partial charge >= 0.3 is 0 Å². The number of rotatable bonds is 6. The van der Waals surface area contributed by atoms with Crippen LogP contribution in [0.25, 0.3) is 0 Å². The molecule has 2 unspecified atom stereocenters. The Kier molecular flexibility index (Phi) is 5.52. The second-order valence-corrected chi connectivity index (χ2v) is 5.86. The molecule has 2 atom stereocenters. The maximum atomic E-state index is 13.9. The molecule has 0 spiro atoms. The molecule has 0 radical (unpaired) electrons. The highest BCUT2D eigenvalue weighted by molar-refractivity contribution is 5.21. The molecule has 2 rings (SSSR count). The minimum atomic E-state index is -0.127. The van der Waals surface area contributed by atoms with E-state index in [2.05, 4.69) is 29.2 Å². The Morgan fingerprint density at radius 1 is 1.45 bits per heavy atom. The third-order valence-electron chi connectivity index (χ3n) is 4.32. The molecule has 0 aliphatic carbocycles. The van der Waals surface area contributed by atoms with E-state index in [9.17, 15) is 4.39 Å². The van der Waals surface area contributed by atoms with Crippen LogP contribution in [0.5, 0.6) is 0 Å². The SMILES string of the molecule is CNC(CN(C)CC1CCCN1C)c1ccccc1F. The molecule has 1 fully saturated rings. The largest absolute Gasteiger partial charge is 0.312 e. The van der Waals surface area contributed by atoms with Gasteiger partial charge in [0.25, 0.3) is 0 Å². The summed E-state index contributed by atoms with van der Waals surface area (Å²) in [5.41, 5.74) is 0.752. The predicted octanol–water partition coefficient (Wildman–Crippen LogP) is 2.11. The van der Waals surface area contributed by atoms with Gasteiger partial charge in [0.05, 0.1) is 0 Å². The fraction of sp³-hybridized carbons (Fsp3) is 0.625. The summed E-state index contributed by atoms with van der Waals surface area (Å²) in [6.45, 7) is 3.06. The molecule has 1 heterocycles. The van der Waals surface area contributed by atoms with E-state index in [-0.39, 0.29) is 11.9 Å². The number of likely N-dealkylation sites (tertiary alicyclic amines) is 1. The maximum Gasteiger partial charge on any atom is 0.128 e. The fourth-order valence-electron chi connectivity index (χ4n) is 3.06. The molecule has 1 aliphatic rings. The summed E-state index contributed by atoms with van der Waals surface area (Å²) in [5.74, 6) is -0.127. The van der Waals surface area contributed by atoms with E-state index >= 15 is 0 Å². The van der Waals surface area contributed by atoms with Gasteiger partial charge in [-0.3, -0.25) is 0 Å². The number of hydrogen-bond acceptors (Lipinski definition) is 3. The number of hydrogen-bond donors (Lipinski definition) is 1. The predicted molar refractivity (Wildman–Crippen MR) is 81.3 cm³/mol. The van der Waals surface area contributed by atoms with Gasteiger partial charge in [-0.05, 0) is 46.6 Å². The highest BCUT2D eigenvalue weighted by Gasteiger charge is 2.23. The Morgan fingerprint density at radius 3 is 2.80 bits per heavy atom. The van der Waals surface area contributed by atoms with Crippen LogP contribution in [0.4, 0.5) is 4.39 Å². The lowest BCUT2D eigenvalue weighted by atomic mass is 10.1. The van der Waals surface area contributed by atoms with Crippen LogP contribution in [0.2, 0.25) is 0 Å². The van der Waals surface area contributed by atoms with Crippen LogP contribution >= 0.6 is 0 Å². The van der Waals surface area contributed by atoms with Crippen molar-refractivity contribution in [2.75, 3.05) is 40.8 Å². The number of halogens is 1. The van der Waals surface area contributed by atoms with Crippen LogP contribution in [-0.2, 0) is 0 Å². The van der Waals surface area contributed by atoms with Crippen molar-refractivity contribution in [3.05, 3.63) is 35.6 Å². The van der Waals surface area contributed by atoms with Gasteiger partial charge in [-0.15, -0.1) is 0 Å². The van der Waals surface area contributed by atoms with Crippen LogP contribution in [0.15, 0.2) is 24.3 Å². The minimum Gasteiger partial charge on any atom is -0.312 e. The maximum absolute atomic E-state index is 13.9. The van der Waals surface area contributed by atoms with Gasteiger partial charge in [0, 0.05) is 30.7 Å². The van der Waals surface area contributed by atoms with Crippen molar-refractivity contribution in [2.24, 2.45) is 0 Å². The summed E-state index contributed by atoms with van der Waals surface area (Å²) in [5, 5.41) is 3.23. The molecule has 4 heteroatoms. The van der Waals surface area contributed by atoms with E-state index in [4.69, 9.17) is 0 Å². The molecule has 1 saturated heterocycles. The Balaban J connectivity index is 1.94. The molecule has 1 aliphatic heterocycles. The Hall–Kier alpha value is -0.970. The molecule has 1 aromatic carbocycles. The number of nitrogens with zero attached hydrogens (tertiary/aromatic N) is 2. The van der Waals surface area contributed by atoms with Crippen molar-refractivity contribution >= 4 is 0 Å². The molecule has 1 N–H and O–H groups in total. The first-order valence-electron chi connectivity index (χ1n) is 7.42. The van der Waals surface area contributed by atoms with Crippen LogP contribution in [0.3, 0.4) is 0 Å². The normalized spacial score (nSPS) is 21.6. The summed E-state index contributed by atoms with van der Waals surface area (Å²) >= 11 is 0. The summed E-state index contributed by atoms with van der Waals surface area (Å²) in [4.78, 5) is 4.73. The fourth-order valence-corrected chi connectivity index (χ4v) is 3.06. The Labute approximate surface area is 121 Å². The van der Waals surface area contributed by atoms with Crippen LogP contribution in [-0.4, -0.2) is 56.6 Å². The summed E-state index contributed by atoms with van der Waals surface area (Å²) in [7, 11) is 6.21. The number of nitrogens with one attached hydrogen (secondary N) is 1. The molecule has 0 amide bonds. The van der Waals surface area contributed by atoms with Crippen molar-refractivity contribution in [1.82, 2.24) is 15.1 Å². The summed E-state index contributed by atoms with van der Waals surface area (Å²) < 4.78 is 13.9. The summed E-state index contributed by atoms with van der Waals surface area (Å²) in [6.07, 6.45) is 2.56. The molecule has 0 saturated carbocycles. The van der Waals surface area contributed by atoms with E-state index in [0.717, 1.165) is 18.7 Å². The van der Waals surface area contributed by atoms with Crippen LogP contribution in [0, 0.1) is 5.82 Å². The first-order chi connectivity index (χ1) is 9.61. The van der Waals surface area contributed by atoms with Crippen molar-refractivity contribution in [3.63, 3.8) is 0 Å². The second kappa shape index (κ2) is 7.16. The highest BCUT2D eigenvalue weighted by Crippen LogP contribution is 2.19. The molecule has 0 aromatic heterocycles. The van der Waals surface area contributed by atoms with E-state index < -0.39 is 0 Å². The van der Waals surface area contributed by atoms with Gasteiger partial charge in [0.1, 0.15) is 5.82 Å². The topological polar surface area (TPSA) is 18.5 Å².